The molecule has 0 bridgehead atoms. The van der Waals surface area contributed by atoms with Crippen molar-refractivity contribution in [3.63, 3.8) is 0 Å². The second-order valence-electron chi connectivity index (χ2n) is 8.59. The van der Waals surface area contributed by atoms with E-state index in [9.17, 15) is 4.79 Å². The molecule has 1 amide bonds. The Morgan fingerprint density at radius 1 is 1.11 bits per heavy atom. The molecule has 0 saturated carbocycles. The Labute approximate surface area is 167 Å². The molecule has 1 aromatic carbocycles. The van der Waals surface area contributed by atoms with Crippen LogP contribution in [0.25, 0.3) is 0 Å². The molecule has 27 heavy (non-hydrogen) atoms. The summed E-state index contributed by atoms with van der Waals surface area (Å²) < 4.78 is 20.6. The largest absolute Gasteiger partial charge is 0.494 e. The van der Waals surface area contributed by atoms with Crippen LogP contribution in [0.1, 0.15) is 48.5 Å². The zero-order valence-electron chi connectivity index (χ0n) is 17.3. The van der Waals surface area contributed by atoms with Gasteiger partial charge in [0, 0.05) is 18.0 Å². The minimum Gasteiger partial charge on any atom is -0.444 e. The van der Waals surface area contributed by atoms with Crippen molar-refractivity contribution in [2.24, 2.45) is 0 Å². The van der Waals surface area contributed by atoms with E-state index in [1.165, 1.54) is 11.9 Å². The molecule has 1 aliphatic rings. The molecule has 8 heteroatoms. The number of hydrogen-bond acceptors (Lipinski definition) is 6. The highest BCUT2D eigenvalue weighted by Crippen LogP contribution is 2.36. The van der Waals surface area contributed by atoms with Crippen molar-refractivity contribution < 1.29 is 18.8 Å². The lowest BCUT2D eigenvalue weighted by Gasteiger charge is -2.32. The molecule has 2 N–H and O–H groups in total. The topological polar surface area (TPSA) is 68.8 Å². The molecule has 0 aliphatic carbocycles. The van der Waals surface area contributed by atoms with Crippen LogP contribution < -0.4 is 15.5 Å². The number of rotatable bonds is 6. The molecule has 150 valence electrons. The fourth-order valence-corrected chi connectivity index (χ4v) is 2.95. The third-order valence-corrected chi connectivity index (χ3v) is 5.29. The van der Waals surface area contributed by atoms with Gasteiger partial charge in [0.05, 0.1) is 11.2 Å². The van der Waals surface area contributed by atoms with E-state index < -0.39 is 11.7 Å². The SMILES string of the molecule is CC(C)(C)OC(=O)NCCSNc1ccc(B2OC(C)(C)C(C)(C)O2)cc1. The average Bonchev–Trinajstić information content (AvgIpc) is 2.74. The molecule has 2 rings (SSSR count). The summed E-state index contributed by atoms with van der Waals surface area (Å²) in [5, 5.41) is 2.73. The van der Waals surface area contributed by atoms with Gasteiger partial charge in [0.2, 0.25) is 0 Å². The normalized spacial score (nSPS) is 18.3. The van der Waals surface area contributed by atoms with Crippen molar-refractivity contribution in [3.8, 4) is 0 Å². The van der Waals surface area contributed by atoms with Crippen molar-refractivity contribution in [2.45, 2.75) is 65.3 Å². The summed E-state index contributed by atoms with van der Waals surface area (Å²) in [6, 6.07) is 8.00. The lowest BCUT2D eigenvalue weighted by atomic mass is 9.79. The second kappa shape index (κ2) is 8.33. The Balaban J connectivity index is 1.73. The molecular weight excluding hydrogens is 363 g/mol. The first-order chi connectivity index (χ1) is 12.4. The highest BCUT2D eigenvalue weighted by molar-refractivity contribution is 8.00. The van der Waals surface area contributed by atoms with Gasteiger partial charge in [-0.05, 0) is 66.1 Å². The Bertz CT molecular complexity index is 628. The van der Waals surface area contributed by atoms with E-state index >= 15 is 0 Å². The van der Waals surface area contributed by atoms with E-state index in [1.807, 2.05) is 72.7 Å². The number of nitrogens with one attached hydrogen (secondary N) is 2. The van der Waals surface area contributed by atoms with E-state index in [2.05, 4.69) is 10.0 Å². The minimum absolute atomic E-state index is 0.342. The number of carbonyl (C=O) groups excluding carboxylic acids is 1. The van der Waals surface area contributed by atoms with Gasteiger partial charge in [0.25, 0.3) is 0 Å². The van der Waals surface area contributed by atoms with Gasteiger partial charge in [-0.15, -0.1) is 0 Å². The summed E-state index contributed by atoms with van der Waals surface area (Å²) in [4.78, 5) is 11.6. The molecular formula is C19H31BN2O4S. The minimum atomic E-state index is -0.478. The predicted molar refractivity (Wildman–Crippen MR) is 112 cm³/mol. The van der Waals surface area contributed by atoms with Crippen molar-refractivity contribution in [3.05, 3.63) is 24.3 Å². The fraction of sp³-hybridized carbons (Fsp3) is 0.632. The van der Waals surface area contributed by atoms with E-state index in [0.717, 1.165) is 16.9 Å². The number of ether oxygens (including phenoxy) is 1. The first-order valence-corrected chi connectivity index (χ1v) is 10.2. The van der Waals surface area contributed by atoms with Crippen molar-refractivity contribution in [1.82, 2.24) is 5.32 Å². The van der Waals surface area contributed by atoms with Gasteiger partial charge in [0.15, 0.2) is 0 Å². The lowest BCUT2D eigenvalue weighted by Crippen LogP contribution is -2.41. The fourth-order valence-electron chi connectivity index (χ4n) is 2.34. The van der Waals surface area contributed by atoms with Crippen molar-refractivity contribution in [1.29, 1.82) is 0 Å². The van der Waals surface area contributed by atoms with Crippen LogP contribution in [-0.4, -0.2) is 42.3 Å². The van der Waals surface area contributed by atoms with Crippen molar-refractivity contribution in [2.75, 3.05) is 17.0 Å². The number of anilines is 1. The molecule has 0 atom stereocenters. The Kier molecular flexibility index (Phi) is 6.76. The third-order valence-electron chi connectivity index (χ3n) is 4.50. The van der Waals surface area contributed by atoms with Crippen LogP contribution in [0.4, 0.5) is 10.5 Å². The van der Waals surface area contributed by atoms with Gasteiger partial charge >= 0.3 is 13.2 Å². The quantitative estimate of drug-likeness (QED) is 0.437. The van der Waals surface area contributed by atoms with E-state index in [-0.39, 0.29) is 18.3 Å². The van der Waals surface area contributed by atoms with E-state index in [1.54, 1.807) is 0 Å². The maximum atomic E-state index is 11.6. The molecule has 1 heterocycles. The third kappa shape index (κ3) is 6.33. The van der Waals surface area contributed by atoms with Gasteiger partial charge in [-0.2, -0.15) is 0 Å². The molecule has 0 aromatic heterocycles. The monoisotopic (exact) mass is 394 g/mol. The highest BCUT2D eigenvalue weighted by Gasteiger charge is 2.51. The van der Waals surface area contributed by atoms with E-state index in [4.69, 9.17) is 14.0 Å². The Morgan fingerprint density at radius 3 is 2.19 bits per heavy atom. The molecule has 0 unspecified atom stereocenters. The van der Waals surface area contributed by atoms with Crippen LogP contribution in [0, 0.1) is 0 Å². The van der Waals surface area contributed by atoms with Gasteiger partial charge < -0.3 is 24.1 Å². The van der Waals surface area contributed by atoms with Crippen molar-refractivity contribution >= 4 is 36.3 Å². The summed E-state index contributed by atoms with van der Waals surface area (Å²) in [5.74, 6) is 0.720. The van der Waals surface area contributed by atoms with Crippen LogP contribution >= 0.6 is 11.9 Å². The van der Waals surface area contributed by atoms with Gasteiger partial charge in [0.1, 0.15) is 5.60 Å². The maximum absolute atomic E-state index is 11.6. The predicted octanol–water partition coefficient (Wildman–Crippen LogP) is 3.57. The van der Waals surface area contributed by atoms with Crippen LogP contribution in [0.15, 0.2) is 24.3 Å². The smallest absolute Gasteiger partial charge is 0.444 e. The summed E-state index contributed by atoms with van der Waals surface area (Å²) in [7, 11) is -0.352. The first-order valence-electron chi connectivity index (χ1n) is 9.20. The Morgan fingerprint density at radius 2 is 1.67 bits per heavy atom. The molecule has 1 fully saturated rings. The summed E-state index contributed by atoms with van der Waals surface area (Å²) >= 11 is 1.52. The van der Waals surface area contributed by atoms with Gasteiger partial charge in [-0.1, -0.05) is 24.1 Å². The summed E-state index contributed by atoms with van der Waals surface area (Å²) in [6.07, 6.45) is -0.394. The number of amides is 1. The van der Waals surface area contributed by atoms with Crippen LogP contribution in [-0.2, 0) is 14.0 Å². The molecule has 0 spiro atoms. The maximum Gasteiger partial charge on any atom is 0.494 e. The molecule has 1 saturated heterocycles. The van der Waals surface area contributed by atoms with Crippen LogP contribution in [0.2, 0.25) is 0 Å². The standard InChI is InChI=1S/C19H31BN2O4S/c1-17(2,3)24-16(23)21-12-13-27-22-15-10-8-14(9-11-15)20-25-18(4,5)19(6,7)26-20/h8-11,22H,12-13H2,1-7H3,(H,21,23). The Hall–Kier alpha value is -1.38. The molecule has 0 radical (unpaired) electrons. The molecule has 1 aromatic rings. The summed E-state index contributed by atoms with van der Waals surface area (Å²) in [6.45, 7) is 14.2. The molecule has 6 nitrogen and oxygen atoms in total. The number of carbonyl (C=O) groups is 1. The summed E-state index contributed by atoms with van der Waals surface area (Å²) in [5.41, 5.74) is 0.819. The number of alkyl carbamates (subject to hydrolysis) is 1. The number of benzene rings is 1. The second-order valence-corrected chi connectivity index (χ2v) is 9.49. The zero-order chi connectivity index (χ0) is 20.3. The number of hydrogen-bond donors (Lipinski definition) is 2. The van der Waals surface area contributed by atoms with Gasteiger partial charge in [-0.3, -0.25) is 0 Å². The zero-order valence-corrected chi connectivity index (χ0v) is 18.2. The van der Waals surface area contributed by atoms with E-state index in [0.29, 0.717) is 6.54 Å². The van der Waals surface area contributed by atoms with Gasteiger partial charge in [-0.25, -0.2) is 4.79 Å². The van der Waals surface area contributed by atoms with Crippen LogP contribution in [0.5, 0.6) is 0 Å². The lowest BCUT2D eigenvalue weighted by molar-refractivity contribution is 0.00578. The highest BCUT2D eigenvalue weighted by atomic mass is 32.2. The first kappa shape index (κ1) is 21.9. The van der Waals surface area contributed by atoms with Crippen LogP contribution in [0.3, 0.4) is 0 Å². The molecule has 1 aliphatic heterocycles. The average molecular weight is 394 g/mol.